The van der Waals surface area contributed by atoms with Crippen LogP contribution in [0.4, 0.5) is 5.82 Å². The Labute approximate surface area is 167 Å². The summed E-state index contributed by atoms with van der Waals surface area (Å²) in [6.07, 6.45) is 4.62. The molecule has 29 heavy (non-hydrogen) atoms. The van der Waals surface area contributed by atoms with Gasteiger partial charge in [-0.1, -0.05) is 12.1 Å². The lowest BCUT2D eigenvalue weighted by Crippen LogP contribution is -2.41. The van der Waals surface area contributed by atoms with Gasteiger partial charge in [-0.2, -0.15) is 5.10 Å². The number of amides is 2. The highest BCUT2D eigenvalue weighted by molar-refractivity contribution is 5.87. The third-order valence-corrected chi connectivity index (χ3v) is 4.98. The number of piperidine rings is 1. The number of ether oxygens (including phenoxy) is 1. The predicted molar refractivity (Wildman–Crippen MR) is 106 cm³/mol. The first-order valence-corrected chi connectivity index (χ1v) is 9.53. The second kappa shape index (κ2) is 8.26. The first kappa shape index (κ1) is 18.9. The fourth-order valence-corrected chi connectivity index (χ4v) is 3.56. The second-order valence-corrected chi connectivity index (χ2v) is 6.94. The van der Waals surface area contributed by atoms with Crippen molar-refractivity contribution in [2.24, 2.45) is 0 Å². The van der Waals surface area contributed by atoms with E-state index in [1.807, 2.05) is 28.9 Å². The van der Waals surface area contributed by atoms with E-state index in [4.69, 9.17) is 4.74 Å². The van der Waals surface area contributed by atoms with Crippen molar-refractivity contribution in [2.45, 2.75) is 25.8 Å². The molecular weight excluding hydrogens is 372 g/mol. The molecule has 3 aromatic rings. The topological polar surface area (TPSA) is 102 Å². The molecule has 0 unspecified atom stereocenters. The number of hydrogen-bond donors (Lipinski definition) is 1. The molecule has 1 N–H and O–H groups in total. The summed E-state index contributed by atoms with van der Waals surface area (Å²) in [6, 6.07) is 9.45. The van der Waals surface area contributed by atoms with Gasteiger partial charge in [0.25, 0.3) is 5.91 Å². The van der Waals surface area contributed by atoms with Gasteiger partial charge >= 0.3 is 0 Å². The maximum absolute atomic E-state index is 12.6. The molecule has 0 saturated carbocycles. The van der Waals surface area contributed by atoms with Gasteiger partial charge in [0.1, 0.15) is 12.1 Å². The molecule has 0 aliphatic carbocycles. The minimum absolute atomic E-state index is 0.0649. The molecule has 150 valence electrons. The van der Waals surface area contributed by atoms with Crippen LogP contribution in [0.1, 0.15) is 25.8 Å². The Morgan fingerprint density at radius 2 is 1.97 bits per heavy atom. The van der Waals surface area contributed by atoms with Crippen molar-refractivity contribution < 1.29 is 14.3 Å². The van der Waals surface area contributed by atoms with Gasteiger partial charge in [0, 0.05) is 26.1 Å². The summed E-state index contributed by atoms with van der Waals surface area (Å²) in [4.78, 5) is 34.1. The number of carbonyl (C=O) groups excluding carboxylic acids is 2. The summed E-state index contributed by atoms with van der Waals surface area (Å²) in [6.45, 7) is 2.62. The van der Waals surface area contributed by atoms with Crippen molar-refractivity contribution in [3.8, 4) is 5.88 Å². The molecule has 1 aromatic carbocycles. The Balaban J connectivity index is 1.34. The molecule has 1 aliphatic rings. The van der Waals surface area contributed by atoms with Crippen LogP contribution in [0.3, 0.4) is 0 Å². The zero-order valence-corrected chi connectivity index (χ0v) is 16.1. The minimum Gasteiger partial charge on any atom is -0.467 e. The molecule has 1 saturated heterocycles. The highest BCUT2D eigenvalue weighted by Gasteiger charge is 2.26. The Morgan fingerprint density at radius 1 is 1.17 bits per heavy atom. The summed E-state index contributed by atoms with van der Waals surface area (Å²) in [5.74, 6) is 0.888. The molecule has 0 radical (unpaired) electrons. The first-order chi connectivity index (χ1) is 14.1. The van der Waals surface area contributed by atoms with E-state index >= 15 is 0 Å². The van der Waals surface area contributed by atoms with E-state index in [0.717, 1.165) is 23.7 Å². The van der Waals surface area contributed by atoms with Gasteiger partial charge in [0.15, 0.2) is 6.61 Å². The smallest absolute Gasteiger partial charge is 0.260 e. The minimum atomic E-state index is -0.131. The lowest BCUT2D eigenvalue weighted by Gasteiger charge is -2.32. The fraction of sp³-hybridized carbons (Fsp3) is 0.350. The number of rotatable bonds is 5. The SMILES string of the molecule is CC(=O)Nc1ccnn1C1CCN(C(=O)COc2ncnc3ccccc23)CC1. The first-order valence-electron chi connectivity index (χ1n) is 9.53. The Bertz CT molecular complexity index is 1020. The number of aromatic nitrogens is 4. The van der Waals surface area contributed by atoms with Gasteiger partial charge < -0.3 is 15.0 Å². The van der Waals surface area contributed by atoms with Crippen molar-refractivity contribution in [1.29, 1.82) is 0 Å². The molecule has 4 rings (SSSR count). The largest absolute Gasteiger partial charge is 0.467 e. The Kier molecular flexibility index (Phi) is 5.37. The number of anilines is 1. The van der Waals surface area contributed by atoms with Crippen LogP contribution in [-0.4, -0.2) is 56.2 Å². The van der Waals surface area contributed by atoms with E-state index in [1.165, 1.54) is 13.3 Å². The molecule has 9 heteroatoms. The summed E-state index contributed by atoms with van der Waals surface area (Å²) >= 11 is 0. The molecule has 0 atom stereocenters. The standard InChI is InChI=1S/C20H22N6O3/c1-14(27)24-18-6-9-23-26(18)15-7-10-25(11-8-15)19(28)12-29-20-16-4-2-3-5-17(16)21-13-22-20/h2-6,9,13,15H,7-8,10-12H2,1H3,(H,24,27). The van der Waals surface area contributed by atoms with Crippen LogP contribution in [-0.2, 0) is 9.59 Å². The molecule has 2 aromatic heterocycles. The molecule has 3 heterocycles. The molecule has 0 spiro atoms. The van der Waals surface area contributed by atoms with Crippen LogP contribution in [0.25, 0.3) is 10.9 Å². The lowest BCUT2D eigenvalue weighted by molar-refractivity contribution is -0.134. The Morgan fingerprint density at radius 3 is 2.76 bits per heavy atom. The maximum Gasteiger partial charge on any atom is 0.260 e. The van der Waals surface area contributed by atoms with Crippen LogP contribution in [0.15, 0.2) is 42.9 Å². The van der Waals surface area contributed by atoms with E-state index in [2.05, 4.69) is 20.4 Å². The van der Waals surface area contributed by atoms with E-state index in [1.54, 1.807) is 17.2 Å². The summed E-state index contributed by atoms with van der Waals surface area (Å²) < 4.78 is 7.52. The highest BCUT2D eigenvalue weighted by atomic mass is 16.5. The van der Waals surface area contributed by atoms with Crippen LogP contribution >= 0.6 is 0 Å². The lowest BCUT2D eigenvalue weighted by atomic mass is 10.1. The number of likely N-dealkylation sites (tertiary alicyclic amines) is 1. The molecule has 0 bridgehead atoms. The predicted octanol–water partition coefficient (Wildman–Crippen LogP) is 2.03. The normalized spacial score (nSPS) is 14.7. The zero-order chi connectivity index (χ0) is 20.2. The zero-order valence-electron chi connectivity index (χ0n) is 16.1. The molecule has 9 nitrogen and oxygen atoms in total. The van der Waals surface area contributed by atoms with Gasteiger partial charge in [-0.25, -0.2) is 14.6 Å². The monoisotopic (exact) mass is 394 g/mol. The van der Waals surface area contributed by atoms with Gasteiger partial charge in [0.2, 0.25) is 11.8 Å². The van der Waals surface area contributed by atoms with Gasteiger partial charge in [0.05, 0.1) is 23.1 Å². The van der Waals surface area contributed by atoms with Gasteiger partial charge in [-0.3, -0.25) is 9.59 Å². The van der Waals surface area contributed by atoms with Crippen molar-refractivity contribution in [3.05, 3.63) is 42.9 Å². The number of fused-ring (bicyclic) bond motifs is 1. The van der Waals surface area contributed by atoms with E-state index < -0.39 is 0 Å². The third-order valence-electron chi connectivity index (χ3n) is 4.98. The average molecular weight is 394 g/mol. The van der Waals surface area contributed by atoms with Crippen molar-refractivity contribution in [2.75, 3.05) is 25.0 Å². The number of carbonyl (C=O) groups is 2. The van der Waals surface area contributed by atoms with Crippen LogP contribution < -0.4 is 10.1 Å². The van der Waals surface area contributed by atoms with Crippen LogP contribution in [0, 0.1) is 0 Å². The number of nitrogens with zero attached hydrogens (tertiary/aromatic N) is 5. The number of para-hydroxylation sites is 1. The van der Waals surface area contributed by atoms with Gasteiger partial charge in [-0.05, 0) is 25.0 Å². The Hall–Kier alpha value is -3.49. The molecular formula is C20H22N6O3. The van der Waals surface area contributed by atoms with E-state index in [9.17, 15) is 9.59 Å². The highest BCUT2D eigenvalue weighted by Crippen LogP contribution is 2.26. The summed E-state index contributed by atoms with van der Waals surface area (Å²) in [5.41, 5.74) is 0.778. The maximum atomic E-state index is 12.6. The summed E-state index contributed by atoms with van der Waals surface area (Å²) in [7, 11) is 0. The van der Waals surface area contributed by atoms with Crippen molar-refractivity contribution in [3.63, 3.8) is 0 Å². The van der Waals surface area contributed by atoms with Crippen molar-refractivity contribution >= 4 is 28.5 Å². The average Bonchev–Trinajstić information content (AvgIpc) is 3.19. The van der Waals surface area contributed by atoms with E-state index in [0.29, 0.717) is 24.8 Å². The number of benzene rings is 1. The van der Waals surface area contributed by atoms with Crippen molar-refractivity contribution in [1.82, 2.24) is 24.6 Å². The van der Waals surface area contributed by atoms with Crippen LogP contribution in [0.2, 0.25) is 0 Å². The molecule has 1 aliphatic heterocycles. The van der Waals surface area contributed by atoms with Gasteiger partial charge in [-0.15, -0.1) is 0 Å². The second-order valence-electron chi connectivity index (χ2n) is 6.94. The summed E-state index contributed by atoms with van der Waals surface area (Å²) in [5, 5.41) is 7.90. The third kappa shape index (κ3) is 4.18. The molecule has 1 fully saturated rings. The van der Waals surface area contributed by atoms with E-state index in [-0.39, 0.29) is 24.5 Å². The van der Waals surface area contributed by atoms with Crippen LogP contribution in [0.5, 0.6) is 5.88 Å². The number of nitrogens with one attached hydrogen (secondary N) is 1. The number of hydrogen-bond acceptors (Lipinski definition) is 6. The molecule has 2 amide bonds. The quantitative estimate of drug-likeness (QED) is 0.710. The fourth-order valence-electron chi connectivity index (χ4n) is 3.56.